The maximum atomic E-state index is 4.01. The SMILES string of the molecule is [PH-]n1c2cc(C#Cc3ccc4ccccc4c3)ccc2c2ccc3c(ccc4c5ccc(C#Cc6ccc7ccccc7c6)cc5sc43)c21. The van der Waals surface area contributed by atoms with Crippen molar-refractivity contribution in [3.63, 3.8) is 0 Å². The quantitative estimate of drug-likeness (QED) is 0.113. The smallest absolute Gasteiger partial charge is 0.0434 e. The predicted molar refractivity (Wildman–Crippen MR) is 213 cm³/mol. The van der Waals surface area contributed by atoms with Gasteiger partial charge in [0.2, 0.25) is 0 Å². The maximum Gasteiger partial charge on any atom is 0.0434 e. The van der Waals surface area contributed by atoms with E-state index in [0.29, 0.717) is 0 Å². The molecular formula is C46H25NPS-. The molecule has 0 spiro atoms. The van der Waals surface area contributed by atoms with E-state index in [2.05, 4.69) is 183 Å². The highest BCUT2D eigenvalue weighted by Crippen LogP contribution is 2.43. The lowest BCUT2D eigenvalue weighted by atomic mass is 10.0. The molecule has 0 aliphatic carbocycles. The fourth-order valence-electron chi connectivity index (χ4n) is 7.12. The number of hydrogen-bond acceptors (Lipinski definition) is 1. The minimum Gasteiger partial charge on any atom is -0.501 e. The van der Waals surface area contributed by atoms with Crippen LogP contribution < -0.4 is 0 Å². The molecule has 0 saturated carbocycles. The Labute approximate surface area is 289 Å². The van der Waals surface area contributed by atoms with Crippen LogP contribution in [0.5, 0.6) is 0 Å². The molecule has 49 heavy (non-hydrogen) atoms. The largest absolute Gasteiger partial charge is 0.501 e. The molecule has 1 nitrogen and oxygen atoms in total. The lowest BCUT2D eigenvalue weighted by Gasteiger charge is -2.12. The Kier molecular flexibility index (Phi) is 6.37. The second kappa shape index (κ2) is 11.1. The number of aromatic nitrogens is 1. The van der Waals surface area contributed by atoms with Crippen molar-refractivity contribution in [1.29, 1.82) is 0 Å². The van der Waals surface area contributed by atoms with Crippen LogP contribution in [0.2, 0.25) is 0 Å². The normalized spacial score (nSPS) is 11.4. The van der Waals surface area contributed by atoms with Gasteiger partial charge in [-0.05, 0) is 70.1 Å². The van der Waals surface area contributed by atoms with E-state index in [9.17, 15) is 0 Å². The second-order valence-corrected chi connectivity index (χ2v) is 14.0. The van der Waals surface area contributed by atoms with Crippen molar-refractivity contribution in [3.8, 4) is 23.7 Å². The minimum absolute atomic E-state index is 0.985. The average molecular weight is 655 g/mol. The first kappa shape index (κ1) is 28.2. The summed E-state index contributed by atoms with van der Waals surface area (Å²) in [4.78, 5) is 0. The van der Waals surface area contributed by atoms with Crippen LogP contribution in [0.4, 0.5) is 0 Å². The third kappa shape index (κ3) is 4.70. The molecule has 0 atom stereocenters. The Morgan fingerprint density at radius 2 is 0.857 bits per heavy atom. The fourth-order valence-corrected chi connectivity index (χ4v) is 8.82. The molecule has 3 heteroatoms. The van der Waals surface area contributed by atoms with E-state index < -0.39 is 0 Å². The summed E-state index contributed by atoms with van der Waals surface area (Å²) in [5, 5.41) is 12.3. The van der Waals surface area contributed by atoms with Crippen molar-refractivity contribution in [1.82, 2.24) is 4.34 Å². The van der Waals surface area contributed by atoms with E-state index in [1.165, 1.54) is 68.8 Å². The molecule has 8 aromatic carbocycles. The van der Waals surface area contributed by atoms with Crippen LogP contribution in [-0.2, 0) is 0 Å². The molecule has 0 aliphatic rings. The first-order valence-corrected chi connectivity index (χ1v) is 17.5. The molecule has 0 unspecified atom stereocenters. The summed E-state index contributed by atoms with van der Waals surface area (Å²) in [5.74, 6) is 13.6. The Morgan fingerprint density at radius 3 is 1.49 bits per heavy atom. The minimum atomic E-state index is 0.985. The molecule has 10 rings (SSSR count). The van der Waals surface area contributed by atoms with Crippen LogP contribution >= 0.6 is 20.7 Å². The Morgan fingerprint density at radius 1 is 0.408 bits per heavy atom. The molecule has 0 amide bonds. The Balaban J connectivity index is 1.04. The van der Waals surface area contributed by atoms with Gasteiger partial charge >= 0.3 is 0 Å². The molecule has 2 heterocycles. The third-order valence-electron chi connectivity index (χ3n) is 9.56. The molecule has 0 bridgehead atoms. The van der Waals surface area contributed by atoms with Gasteiger partial charge in [0, 0.05) is 75.0 Å². The number of fused-ring (bicyclic) bond motifs is 11. The number of hydrogen-bond donors (Lipinski definition) is 0. The molecule has 10 aromatic rings. The maximum absolute atomic E-state index is 4.01. The van der Waals surface area contributed by atoms with Crippen LogP contribution in [0.3, 0.4) is 0 Å². The number of nitrogens with zero attached hydrogens (tertiary/aromatic N) is 1. The molecule has 0 aliphatic heterocycles. The van der Waals surface area contributed by atoms with Crippen molar-refractivity contribution in [2.45, 2.75) is 0 Å². The van der Waals surface area contributed by atoms with Gasteiger partial charge in [0.15, 0.2) is 0 Å². The lowest BCUT2D eigenvalue weighted by molar-refractivity contribution is 1.43. The van der Waals surface area contributed by atoms with Crippen LogP contribution in [0, 0.1) is 23.7 Å². The van der Waals surface area contributed by atoms with E-state index in [1.54, 1.807) is 0 Å². The topological polar surface area (TPSA) is 4.93 Å². The van der Waals surface area contributed by atoms with Gasteiger partial charge in [-0.2, -0.15) is 0 Å². The van der Waals surface area contributed by atoms with Gasteiger partial charge in [-0.3, -0.25) is 0 Å². The summed E-state index contributed by atoms with van der Waals surface area (Å²) in [6.07, 6.45) is 0. The molecule has 226 valence electrons. The number of benzene rings is 8. The fraction of sp³-hybridized carbons (Fsp3) is 0. The lowest BCUT2D eigenvalue weighted by Crippen LogP contribution is -1.82. The zero-order valence-corrected chi connectivity index (χ0v) is 28.0. The van der Waals surface area contributed by atoms with E-state index >= 15 is 0 Å². The van der Waals surface area contributed by atoms with Crippen molar-refractivity contribution in [2.24, 2.45) is 0 Å². The van der Waals surface area contributed by atoms with Gasteiger partial charge < -0.3 is 13.7 Å². The Bertz CT molecular complexity index is 3140. The highest BCUT2D eigenvalue weighted by Gasteiger charge is 2.14. The summed E-state index contributed by atoms with van der Waals surface area (Å²) >= 11 is 1.85. The van der Waals surface area contributed by atoms with Gasteiger partial charge in [-0.15, -0.1) is 11.3 Å². The van der Waals surface area contributed by atoms with Gasteiger partial charge in [-0.25, -0.2) is 0 Å². The standard InChI is InChI=1S/C46H25NPS/c48-47-43-27-31(11-9-29-13-17-33-5-1-3-7-35(33)25-29)15-19-37(43)39-21-24-42-40(45(39)47)22-23-41-38-20-16-32(28-44(38)49-46(41)42)12-10-30-14-18-34-6-2-4-8-36(34)26-30/h1-8,13-28,48H/q-1. The summed E-state index contributed by atoms with van der Waals surface area (Å²) in [6, 6.07) is 51.8. The van der Waals surface area contributed by atoms with E-state index in [4.69, 9.17) is 0 Å². The first-order chi connectivity index (χ1) is 24.2. The van der Waals surface area contributed by atoms with Crippen molar-refractivity contribution in [3.05, 3.63) is 168 Å². The zero-order valence-electron chi connectivity index (χ0n) is 26.2. The van der Waals surface area contributed by atoms with Crippen molar-refractivity contribution in [2.75, 3.05) is 0 Å². The second-order valence-electron chi connectivity index (χ2n) is 12.5. The number of rotatable bonds is 0. The zero-order chi connectivity index (χ0) is 32.5. The van der Waals surface area contributed by atoms with E-state index in [1.807, 2.05) is 11.3 Å². The van der Waals surface area contributed by atoms with Crippen LogP contribution in [0.1, 0.15) is 22.3 Å². The van der Waals surface area contributed by atoms with Gasteiger partial charge in [0.05, 0.1) is 0 Å². The average Bonchev–Trinajstić information content (AvgIpc) is 3.67. The third-order valence-corrected chi connectivity index (χ3v) is 11.2. The molecule has 0 radical (unpaired) electrons. The summed E-state index contributed by atoms with van der Waals surface area (Å²) < 4.78 is 4.70. The van der Waals surface area contributed by atoms with Crippen LogP contribution in [0.15, 0.2) is 146 Å². The van der Waals surface area contributed by atoms with Gasteiger partial charge in [-0.1, -0.05) is 121 Å². The highest BCUT2D eigenvalue weighted by atomic mass is 32.1. The van der Waals surface area contributed by atoms with Crippen molar-refractivity contribution < 1.29 is 0 Å². The van der Waals surface area contributed by atoms with E-state index in [0.717, 1.165) is 27.8 Å². The monoisotopic (exact) mass is 654 g/mol. The highest BCUT2D eigenvalue weighted by molar-refractivity contribution is 7.26. The summed E-state index contributed by atoms with van der Waals surface area (Å²) in [5.41, 5.74) is 6.33. The molecule has 0 N–H and O–H groups in total. The molecule has 0 fully saturated rings. The summed E-state index contributed by atoms with van der Waals surface area (Å²) in [6.45, 7) is 0. The molecule has 2 aromatic heterocycles. The first-order valence-electron chi connectivity index (χ1n) is 16.3. The van der Waals surface area contributed by atoms with Crippen LogP contribution in [0.25, 0.3) is 74.3 Å². The summed E-state index contributed by atoms with van der Waals surface area (Å²) in [7, 11) is 4.01. The predicted octanol–water partition coefficient (Wildman–Crippen LogP) is 12.3. The molecule has 0 saturated heterocycles. The van der Waals surface area contributed by atoms with Gasteiger partial charge in [0.1, 0.15) is 0 Å². The van der Waals surface area contributed by atoms with E-state index in [-0.39, 0.29) is 0 Å². The Hall–Kier alpha value is -5.89. The number of thiophene rings is 1. The van der Waals surface area contributed by atoms with Gasteiger partial charge in [0.25, 0.3) is 0 Å². The molecular weight excluding hydrogens is 630 g/mol. The van der Waals surface area contributed by atoms with Crippen molar-refractivity contribution >= 4 is 95.0 Å². The van der Waals surface area contributed by atoms with Crippen LogP contribution in [-0.4, -0.2) is 4.34 Å².